The number of anilines is 1. The summed E-state index contributed by atoms with van der Waals surface area (Å²) in [7, 11) is 3.06. The van der Waals surface area contributed by atoms with Gasteiger partial charge in [-0.3, -0.25) is 9.59 Å². The zero-order chi connectivity index (χ0) is 18.8. The average molecular weight is 374 g/mol. The number of rotatable bonds is 4. The van der Waals surface area contributed by atoms with Gasteiger partial charge in [0.25, 0.3) is 5.91 Å². The Balaban J connectivity index is 1.75. The molecule has 0 saturated heterocycles. The van der Waals surface area contributed by atoms with Gasteiger partial charge in [-0.05, 0) is 42.8 Å². The lowest BCUT2D eigenvalue weighted by Gasteiger charge is -2.23. The molecule has 2 aromatic rings. The van der Waals surface area contributed by atoms with E-state index in [1.54, 1.807) is 25.2 Å². The van der Waals surface area contributed by atoms with Crippen molar-refractivity contribution in [2.24, 2.45) is 0 Å². The number of thioether (sulfide) groups is 1. The Hall–Kier alpha value is -2.54. The van der Waals surface area contributed by atoms with Gasteiger partial charge in [0, 0.05) is 24.1 Å². The molecular weight excluding hydrogens is 355 g/mol. The fourth-order valence-electron chi connectivity index (χ4n) is 2.72. The number of halogens is 1. The second-order valence-corrected chi connectivity index (χ2v) is 7.47. The molecular formula is C19H19FN2O3S. The number of nitrogens with zero attached hydrogens (tertiary/aromatic N) is 1. The fraction of sp³-hybridized carbons (Fsp3) is 0.263. The lowest BCUT2D eigenvalue weighted by molar-refractivity contribution is -0.115. The van der Waals surface area contributed by atoms with Crippen molar-refractivity contribution < 1.29 is 18.7 Å². The molecule has 0 saturated carbocycles. The Morgan fingerprint density at radius 2 is 2.08 bits per heavy atom. The van der Waals surface area contributed by atoms with Gasteiger partial charge in [-0.2, -0.15) is 0 Å². The van der Waals surface area contributed by atoms with E-state index in [4.69, 9.17) is 4.74 Å². The van der Waals surface area contributed by atoms with E-state index < -0.39 is 5.82 Å². The van der Waals surface area contributed by atoms with Crippen LogP contribution in [0.1, 0.15) is 22.8 Å². The van der Waals surface area contributed by atoms with Gasteiger partial charge in [0.15, 0.2) is 11.6 Å². The molecule has 0 aliphatic carbocycles. The number of hydrogen-bond donors (Lipinski definition) is 1. The molecule has 2 amide bonds. The van der Waals surface area contributed by atoms with Crippen molar-refractivity contribution in [1.82, 2.24) is 4.90 Å². The first-order valence-electron chi connectivity index (χ1n) is 8.08. The molecule has 1 aliphatic heterocycles. The summed E-state index contributed by atoms with van der Waals surface area (Å²) in [5.74, 6) is -0.579. The van der Waals surface area contributed by atoms with Gasteiger partial charge in [-0.25, -0.2) is 4.39 Å². The van der Waals surface area contributed by atoms with Crippen molar-refractivity contribution in [3.05, 3.63) is 53.3 Å². The second-order valence-electron chi connectivity index (χ2n) is 6.09. The van der Waals surface area contributed by atoms with E-state index in [1.165, 1.54) is 35.9 Å². The first-order chi connectivity index (χ1) is 12.4. The number of carbonyl (C=O) groups is 2. The number of methoxy groups -OCH3 is 1. The summed E-state index contributed by atoms with van der Waals surface area (Å²) >= 11 is 1.47. The number of hydrogen-bond acceptors (Lipinski definition) is 4. The van der Waals surface area contributed by atoms with Crippen molar-refractivity contribution in [3.63, 3.8) is 0 Å². The van der Waals surface area contributed by atoms with E-state index in [-0.39, 0.29) is 29.4 Å². The highest BCUT2D eigenvalue weighted by atomic mass is 32.2. The molecule has 136 valence electrons. The Morgan fingerprint density at radius 1 is 1.31 bits per heavy atom. The summed E-state index contributed by atoms with van der Waals surface area (Å²) in [6.07, 6.45) is 0. The molecule has 0 radical (unpaired) electrons. The average Bonchev–Trinajstić information content (AvgIpc) is 2.62. The first kappa shape index (κ1) is 18.3. The van der Waals surface area contributed by atoms with E-state index in [2.05, 4.69) is 5.32 Å². The molecule has 1 heterocycles. The Morgan fingerprint density at radius 3 is 2.77 bits per heavy atom. The normalized spacial score (nSPS) is 15.8. The largest absolute Gasteiger partial charge is 0.494 e. The Bertz CT molecular complexity index is 872. The van der Waals surface area contributed by atoms with Crippen molar-refractivity contribution in [2.75, 3.05) is 19.5 Å². The van der Waals surface area contributed by atoms with E-state index >= 15 is 0 Å². The molecule has 0 aromatic heterocycles. The monoisotopic (exact) mass is 374 g/mol. The minimum absolute atomic E-state index is 0.0749. The van der Waals surface area contributed by atoms with Crippen LogP contribution in [0.2, 0.25) is 0 Å². The summed E-state index contributed by atoms with van der Waals surface area (Å²) in [5.41, 5.74) is 1.78. The van der Waals surface area contributed by atoms with Crippen LogP contribution in [0.4, 0.5) is 10.1 Å². The van der Waals surface area contributed by atoms with Gasteiger partial charge in [0.1, 0.15) is 0 Å². The Labute approximate surface area is 155 Å². The van der Waals surface area contributed by atoms with E-state index in [0.29, 0.717) is 16.8 Å². The summed E-state index contributed by atoms with van der Waals surface area (Å²) < 4.78 is 18.7. The minimum Gasteiger partial charge on any atom is -0.494 e. The van der Waals surface area contributed by atoms with Gasteiger partial charge < -0.3 is 15.0 Å². The molecule has 2 aromatic carbocycles. The highest BCUT2D eigenvalue weighted by Crippen LogP contribution is 2.36. The van der Waals surface area contributed by atoms with E-state index in [0.717, 1.165) is 4.90 Å². The number of fused-ring (bicyclic) bond motifs is 1. The molecule has 3 rings (SSSR count). The smallest absolute Gasteiger partial charge is 0.253 e. The topological polar surface area (TPSA) is 58.6 Å². The molecule has 5 nitrogen and oxygen atoms in total. The number of amides is 2. The van der Waals surface area contributed by atoms with Crippen molar-refractivity contribution in [1.29, 1.82) is 0 Å². The van der Waals surface area contributed by atoms with Crippen LogP contribution in [-0.2, 0) is 11.3 Å². The van der Waals surface area contributed by atoms with Crippen LogP contribution in [0, 0.1) is 5.82 Å². The summed E-state index contributed by atoms with van der Waals surface area (Å²) in [4.78, 5) is 26.9. The number of carbonyl (C=O) groups excluding carboxylic acids is 2. The third-order valence-electron chi connectivity index (χ3n) is 4.14. The van der Waals surface area contributed by atoms with Crippen molar-refractivity contribution >= 4 is 29.3 Å². The maximum atomic E-state index is 13.8. The van der Waals surface area contributed by atoms with Crippen LogP contribution >= 0.6 is 11.8 Å². The number of benzene rings is 2. The lowest BCUT2D eigenvalue weighted by atomic mass is 10.1. The second kappa shape index (κ2) is 7.37. The summed E-state index contributed by atoms with van der Waals surface area (Å²) in [6.45, 7) is 2.10. The van der Waals surface area contributed by atoms with Crippen LogP contribution in [0.25, 0.3) is 0 Å². The van der Waals surface area contributed by atoms with Gasteiger partial charge in [-0.1, -0.05) is 6.07 Å². The molecule has 7 heteroatoms. The van der Waals surface area contributed by atoms with Crippen molar-refractivity contribution in [3.8, 4) is 5.75 Å². The molecule has 0 fully saturated rings. The lowest BCUT2D eigenvalue weighted by Crippen LogP contribution is -2.28. The Kier molecular flexibility index (Phi) is 5.18. The highest BCUT2D eigenvalue weighted by Gasteiger charge is 2.24. The minimum atomic E-state index is -0.464. The van der Waals surface area contributed by atoms with E-state index in [1.807, 2.05) is 13.0 Å². The fourth-order valence-corrected chi connectivity index (χ4v) is 3.65. The SMILES string of the molecule is COc1ccc(CN(C)C(=O)c2ccc3c(c2)NC(=O)[C@H](C)S3)cc1F. The van der Waals surface area contributed by atoms with Crippen LogP contribution in [0.3, 0.4) is 0 Å². The van der Waals surface area contributed by atoms with Crippen LogP contribution < -0.4 is 10.1 Å². The maximum absolute atomic E-state index is 13.8. The van der Waals surface area contributed by atoms with Crippen molar-refractivity contribution in [2.45, 2.75) is 23.6 Å². The third kappa shape index (κ3) is 3.67. The summed E-state index contributed by atoms with van der Waals surface area (Å²) in [5, 5.41) is 2.66. The van der Waals surface area contributed by atoms with Crippen LogP contribution in [-0.4, -0.2) is 36.1 Å². The van der Waals surface area contributed by atoms with Gasteiger partial charge in [0.05, 0.1) is 18.0 Å². The molecule has 1 aliphatic rings. The maximum Gasteiger partial charge on any atom is 0.253 e. The number of nitrogens with one attached hydrogen (secondary N) is 1. The zero-order valence-corrected chi connectivity index (χ0v) is 15.5. The summed E-state index contributed by atoms with van der Waals surface area (Å²) in [6, 6.07) is 9.87. The number of ether oxygens (including phenoxy) is 1. The molecule has 0 bridgehead atoms. The first-order valence-corrected chi connectivity index (χ1v) is 8.96. The predicted molar refractivity (Wildman–Crippen MR) is 99.1 cm³/mol. The quantitative estimate of drug-likeness (QED) is 0.889. The van der Waals surface area contributed by atoms with E-state index in [9.17, 15) is 14.0 Å². The molecule has 1 N–H and O–H groups in total. The third-order valence-corrected chi connectivity index (χ3v) is 5.32. The molecule has 0 spiro atoms. The van der Waals surface area contributed by atoms with Crippen LogP contribution in [0.5, 0.6) is 5.75 Å². The molecule has 1 atom stereocenters. The highest BCUT2D eigenvalue weighted by molar-refractivity contribution is 8.00. The van der Waals surface area contributed by atoms with Gasteiger partial charge in [0.2, 0.25) is 5.91 Å². The van der Waals surface area contributed by atoms with Gasteiger partial charge in [-0.15, -0.1) is 11.8 Å². The molecule has 0 unspecified atom stereocenters. The molecule has 26 heavy (non-hydrogen) atoms. The standard InChI is InChI=1S/C19H19FN2O3S/c1-11-18(23)21-15-9-13(5-7-17(15)26-11)19(24)22(2)10-12-4-6-16(25-3)14(20)8-12/h4-9,11H,10H2,1-3H3,(H,21,23)/t11-/m0/s1. The predicted octanol–water partition coefficient (Wildman–Crippen LogP) is 3.54. The zero-order valence-electron chi connectivity index (χ0n) is 14.7. The van der Waals surface area contributed by atoms with Gasteiger partial charge >= 0.3 is 0 Å². The van der Waals surface area contributed by atoms with Crippen LogP contribution in [0.15, 0.2) is 41.3 Å².